The molecule has 0 aromatic heterocycles. The molecule has 1 amide bonds. The van der Waals surface area contributed by atoms with Crippen LogP contribution in [0.1, 0.15) is 35.2 Å². The Labute approximate surface area is 115 Å². The number of hydrogen-bond donors (Lipinski definition) is 1. The van der Waals surface area contributed by atoms with Gasteiger partial charge in [0.15, 0.2) is 0 Å². The Morgan fingerprint density at radius 3 is 2.89 bits per heavy atom. The molecule has 0 heterocycles. The molecule has 1 N–H and O–H groups in total. The molecule has 4 heteroatoms. The Morgan fingerprint density at radius 1 is 1.44 bits per heavy atom. The van der Waals surface area contributed by atoms with E-state index in [9.17, 15) is 4.79 Å². The molecule has 3 nitrogen and oxygen atoms in total. The highest BCUT2D eigenvalue weighted by atomic mass is 79.9. The highest BCUT2D eigenvalue weighted by Gasteiger charge is 2.28. The molecule has 2 unspecified atom stereocenters. The van der Waals surface area contributed by atoms with Gasteiger partial charge in [-0.25, -0.2) is 0 Å². The van der Waals surface area contributed by atoms with Crippen LogP contribution >= 0.6 is 15.9 Å². The third kappa shape index (κ3) is 2.91. The maximum Gasteiger partial charge on any atom is 0.251 e. The van der Waals surface area contributed by atoms with Crippen molar-refractivity contribution in [2.45, 2.75) is 32.2 Å². The summed E-state index contributed by atoms with van der Waals surface area (Å²) in [5.74, 6) is -0.131. The summed E-state index contributed by atoms with van der Waals surface area (Å²) in [4.78, 5) is 12.1. The fourth-order valence-corrected chi connectivity index (χ4v) is 3.01. The number of amides is 1. The minimum atomic E-state index is -0.0912. The van der Waals surface area contributed by atoms with Crippen LogP contribution in [-0.2, 0) is 0 Å². The van der Waals surface area contributed by atoms with Crippen molar-refractivity contribution >= 4 is 21.8 Å². The van der Waals surface area contributed by atoms with Crippen LogP contribution < -0.4 is 5.32 Å². The monoisotopic (exact) mass is 306 g/mol. The zero-order valence-corrected chi connectivity index (χ0v) is 11.8. The topological polar surface area (TPSA) is 52.9 Å². The Kier molecular flexibility index (Phi) is 4.03. The lowest BCUT2D eigenvalue weighted by molar-refractivity contribution is 0.0932. The van der Waals surface area contributed by atoms with Gasteiger partial charge in [0.2, 0.25) is 0 Å². The molecule has 0 saturated heterocycles. The van der Waals surface area contributed by atoms with Gasteiger partial charge in [0.05, 0.1) is 12.0 Å². The summed E-state index contributed by atoms with van der Waals surface area (Å²) in [7, 11) is 0. The minimum absolute atomic E-state index is 0.00166. The number of nitrogens with zero attached hydrogens (tertiary/aromatic N) is 1. The van der Waals surface area contributed by atoms with Crippen LogP contribution in [0.15, 0.2) is 22.7 Å². The Morgan fingerprint density at radius 2 is 2.22 bits per heavy atom. The van der Waals surface area contributed by atoms with Crippen molar-refractivity contribution in [2.24, 2.45) is 5.92 Å². The molecular weight excluding hydrogens is 292 g/mol. The summed E-state index contributed by atoms with van der Waals surface area (Å²) in [6, 6.07) is 7.90. The van der Waals surface area contributed by atoms with Gasteiger partial charge in [-0.15, -0.1) is 0 Å². The number of halogens is 1. The van der Waals surface area contributed by atoms with Crippen LogP contribution in [0.3, 0.4) is 0 Å². The molecule has 1 aliphatic carbocycles. The molecule has 94 valence electrons. The largest absolute Gasteiger partial charge is 0.348 e. The number of rotatable bonds is 2. The van der Waals surface area contributed by atoms with Crippen LogP contribution in [0.25, 0.3) is 0 Å². The van der Waals surface area contributed by atoms with E-state index in [1.165, 1.54) is 0 Å². The summed E-state index contributed by atoms with van der Waals surface area (Å²) in [6.45, 7) is 1.95. The molecule has 18 heavy (non-hydrogen) atoms. The smallest absolute Gasteiger partial charge is 0.251 e. The maximum absolute atomic E-state index is 12.1. The van der Waals surface area contributed by atoms with E-state index in [-0.39, 0.29) is 17.9 Å². The van der Waals surface area contributed by atoms with Crippen molar-refractivity contribution in [2.75, 3.05) is 0 Å². The number of aryl methyl sites for hydroxylation is 1. The van der Waals surface area contributed by atoms with E-state index in [0.717, 1.165) is 29.3 Å². The minimum Gasteiger partial charge on any atom is -0.348 e. The molecule has 1 fully saturated rings. The number of nitriles is 1. The normalized spacial score (nSPS) is 22.5. The number of hydrogen-bond acceptors (Lipinski definition) is 2. The van der Waals surface area contributed by atoms with Crippen molar-refractivity contribution in [1.82, 2.24) is 5.32 Å². The number of carbonyl (C=O) groups is 1. The van der Waals surface area contributed by atoms with Crippen LogP contribution in [0, 0.1) is 24.2 Å². The summed E-state index contributed by atoms with van der Waals surface area (Å²) in [5, 5.41) is 12.0. The first kappa shape index (κ1) is 13.1. The molecular formula is C14H15BrN2O. The van der Waals surface area contributed by atoms with E-state index in [1.807, 2.05) is 19.1 Å². The van der Waals surface area contributed by atoms with Crippen molar-refractivity contribution in [3.8, 4) is 6.07 Å². The molecule has 1 aromatic carbocycles. The Hall–Kier alpha value is -1.34. The van der Waals surface area contributed by atoms with Gasteiger partial charge in [-0.2, -0.15) is 5.26 Å². The predicted octanol–water partition coefficient (Wildman–Crippen LogP) is 3.18. The summed E-state index contributed by atoms with van der Waals surface area (Å²) < 4.78 is 0.899. The molecule has 1 aliphatic rings. The van der Waals surface area contributed by atoms with Crippen molar-refractivity contribution in [1.29, 1.82) is 5.26 Å². The van der Waals surface area contributed by atoms with Gasteiger partial charge in [0, 0.05) is 16.1 Å². The Bertz CT molecular complexity index is 487. The lowest BCUT2D eigenvalue weighted by Gasteiger charge is -2.15. The van der Waals surface area contributed by atoms with Gasteiger partial charge in [-0.3, -0.25) is 4.79 Å². The molecule has 1 saturated carbocycles. The van der Waals surface area contributed by atoms with E-state index in [1.54, 1.807) is 6.07 Å². The third-order valence-corrected chi connectivity index (χ3v) is 3.76. The zero-order valence-electron chi connectivity index (χ0n) is 10.2. The van der Waals surface area contributed by atoms with Gasteiger partial charge in [0.25, 0.3) is 5.91 Å². The van der Waals surface area contributed by atoms with E-state index < -0.39 is 0 Å². The van der Waals surface area contributed by atoms with E-state index >= 15 is 0 Å². The number of nitrogens with one attached hydrogen (secondary N) is 1. The van der Waals surface area contributed by atoms with Crippen LogP contribution in [-0.4, -0.2) is 11.9 Å². The van der Waals surface area contributed by atoms with Gasteiger partial charge in [-0.1, -0.05) is 15.9 Å². The van der Waals surface area contributed by atoms with Crippen LogP contribution in [0.5, 0.6) is 0 Å². The average molecular weight is 307 g/mol. The van der Waals surface area contributed by atoms with E-state index in [0.29, 0.717) is 5.56 Å². The zero-order chi connectivity index (χ0) is 13.1. The fourth-order valence-electron chi connectivity index (χ4n) is 2.41. The highest BCUT2D eigenvalue weighted by molar-refractivity contribution is 9.10. The second-order valence-electron chi connectivity index (χ2n) is 4.76. The third-order valence-electron chi connectivity index (χ3n) is 3.30. The SMILES string of the molecule is Cc1cc(Br)cc(C(=O)NC2CCCC2C#N)c1. The van der Waals surface area contributed by atoms with Gasteiger partial charge >= 0.3 is 0 Å². The standard InChI is InChI=1S/C14H15BrN2O/c1-9-5-11(7-12(15)6-9)14(18)17-13-4-2-3-10(13)8-16/h5-7,10,13H,2-4H2,1H3,(H,17,18). The first-order valence-electron chi connectivity index (χ1n) is 6.08. The lowest BCUT2D eigenvalue weighted by Crippen LogP contribution is -2.36. The Balaban J connectivity index is 2.10. The summed E-state index contributed by atoms with van der Waals surface area (Å²) >= 11 is 3.39. The van der Waals surface area contributed by atoms with Crippen LogP contribution in [0.4, 0.5) is 0 Å². The maximum atomic E-state index is 12.1. The molecule has 2 rings (SSSR count). The second kappa shape index (κ2) is 5.53. The molecule has 0 radical (unpaired) electrons. The van der Waals surface area contributed by atoms with Crippen molar-refractivity contribution < 1.29 is 4.79 Å². The van der Waals surface area contributed by atoms with Crippen LogP contribution in [0.2, 0.25) is 0 Å². The second-order valence-corrected chi connectivity index (χ2v) is 5.68. The van der Waals surface area contributed by atoms with Gasteiger partial charge in [-0.05, 0) is 49.9 Å². The van der Waals surface area contributed by atoms with Gasteiger partial charge in [0.1, 0.15) is 0 Å². The molecule has 1 aromatic rings. The number of carbonyl (C=O) groups excluding carboxylic acids is 1. The number of benzene rings is 1. The predicted molar refractivity (Wildman–Crippen MR) is 73.1 cm³/mol. The molecule has 0 bridgehead atoms. The first-order chi connectivity index (χ1) is 8.60. The summed E-state index contributed by atoms with van der Waals surface area (Å²) in [6.07, 6.45) is 2.80. The van der Waals surface area contributed by atoms with Crippen molar-refractivity contribution in [3.63, 3.8) is 0 Å². The van der Waals surface area contributed by atoms with Crippen molar-refractivity contribution in [3.05, 3.63) is 33.8 Å². The highest BCUT2D eigenvalue weighted by Crippen LogP contribution is 2.25. The van der Waals surface area contributed by atoms with E-state index in [4.69, 9.17) is 5.26 Å². The quantitative estimate of drug-likeness (QED) is 0.912. The average Bonchev–Trinajstić information content (AvgIpc) is 2.75. The van der Waals surface area contributed by atoms with E-state index in [2.05, 4.69) is 27.3 Å². The fraction of sp³-hybridized carbons (Fsp3) is 0.429. The first-order valence-corrected chi connectivity index (χ1v) is 6.87. The molecule has 0 spiro atoms. The molecule has 2 atom stereocenters. The molecule has 0 aliphatic heterocycles. The summed E-state index contributed by atoms with van der Waals surface area (Å²) in [5.41, 5.74) is 1.68. The lowest BCUT2D eigenvalue weighted by atomic mass is 10.0. The van der Waals surface area contributed by atoms with Gasteiger partial charge < -0.3 is 5.32 Å².